The molecule has 0 amide bonds. The quantitative estimate of drug-likeness (QED) is 0.0929. The Kier molecular flexibility index (Phi) is 15.6. The van der Waals surface area contributed by atoms with Gasteiger partial charge < -0.3 is 0 Å². The zero-order valence-corrected chi connectivity index (χ0v) is 24.5. The van der Waals surface area contributed by atoms with Crippen molar-refractivity contribution < 1.29 is 4.57 Å². The largest absolute Gasteiger partial charge is 0.261 e. The smallest absolute Gasteiger partial charge is 0.234 e. The summed E-state index contributed by atoms with van der Waals surface area (Å²) in [6.45, 7) is 4.37. The van der Waals surface area contributed by atoms with Crippen LogP contribution in [-0.4, -0.2) is 4.57 Å². The second kappa shape index (κ2) is 19.7. The molecule has 2 heteroatoms. The lowest BCUT2D eigenvalue weighted by Gasteiger charge is -2.07. The molecule has 1 aromatic heterocycles. The second-order valence-corrected chi connectivity index (χ2v) is 11.3. The summed E-state index contributed by atoms with van der Waals surface area (Å²) in [6, 6.07) is 21.8. The molecule has 0 aliphatic carbocycles. The minimum Gasteiger partial charge on any atom is -0.234 e. The molecule has 0 spiro atoms. The van der Waals surface area contributed by atoms with Gasteiger partial charge in [0.1, 0.15) is 18.9 Å². The second-order valence-electron chi connectivity index (χ2n) is 11.3. The van der Waals surface area contributed by atoms with Crippen molar-refractivity contribution in [2.45, 2.75) is 136 Å². The molecule has 208 valence electrons. The predicted octanol–water partition coefficient (Wildman–Crippen LogP) is 10.1. The molecule has 1 heterocycles. The van der Waals surface area contributed by atoms with Crippen molar-refractivity contribution in [3.05, 3.63) is 90.0 Å². The molecule has 0 N–H and O–H groups in total. The van der Waals surface area contributed by atoms with Crippen molar-refractivity contribution in [1.29, 1.82) is 0 Å². The highest BCUT2D eigenvalue weighted by atomic mass is 15.1. The van der Waals surface area contributed by atoms with E-state index < -0.39 is 0 Å². The summed E-state index contributed by atoms with van der Waals surface area (Å²) in [6.07, 6.45) is 29.8. The van der Waals surface area contributed by atoms with Crippen molar-refractivity contribution >= 4 is 0 Å². The minimum absolute atomic E-state index is 0.940. The van der Waals surface area contributed by atoms with E-state index in [0.29, 0.717) is 0 Å². The minimum atomic E-state index is 0.940. The molecule has 0 saturated heterocycles. The molecule has 0 unspecified atom stereocenters. The Morgan fingerprint density at radius 1 is 0.526 bits per heavy atom. The lowest BCUT2D eigenvalue weighted by atomic mass is 10.0. The number of aryl methyl sites for hydroxylation is 1. The van der Waals surface area contributed by atoms with Crippen LogP contribution in [0.25, 0.3) is 0 Å². The third kappa shape index (κ3) is 12.5. The number of aromatic nitrogens is 2. The fourth-order valence-electron chi connectivity index (χ4n) is 5.61. The Morgan fingerprint density at radius 2 is 0.974 bits per heavy atom. The molecule has 3 rings (SSSR count). The topological polar surface area (TPSA) is 8.81 Å². The van der Waals surface area contributed by atoms with Gasteiger partial charge in [0.2, 0.25) is 0 Å². The van der Waals surface area contributed by atoms with Crippen LogP contribution in [0, 0.1) is 0 Å². The number of nitrogens with zero attached hydrogens (tertiary/aromatic N) is 2. The summed E-state index contributed by atoms with van der Waals surface area (Å²) >= 11 is 0. The van der Waals surface area contributed by atoms with Crippen LogP contribution in [0.4, 0.5) is 0 Å². The highest BCUT2D eigenvalue weighted by Gasteiger charge is 2.18. The van der Waals surface area contributed by atoms with E-state index in [-0.39, 0.29) is 0 Å². The van der Waals surface area contributed by atoms with Gasteiger partial charge in [0, 0.05) is 0 Å². The first-order valence-electron chi connectivity index (χ1n) is 16.0. The van der Waals surface area contributed by atoms with Gasteiger partial charge in [-0.2, -0.15) is 0 Å². The van der Waals surface area contributed by atoms with Crippen LogP contribution in [0.15, 0.2) is 73.1 Å². The van der Waals surface area contributed by atoms with Gasteiger partial charge in [-0.25, -0.2) is 9.13 Å². The number of hydrogen-bond acceptors (Lipinski definition) is 0. The molecule has 38 heavy (non-hydrogen) atoms. The highest BCUT2D eigenvalue weighted by Crippen LogP contribution is 2.15. The first-order valence-corrected chi connectivity index (χ1v) is 16.0. The Hall–Kier alpha value is -2.35. The maximum absolute atomic E-state index is 2.50. The fraction of sp³-hybridized carbons (Fsp3) is 0.583. The Morgan fingerprint density at radius 3 is 1.47 bits per heavy atom. The molecule has 0 radical (unpaired) electrons. The van der Waals surface area contributed by atoms with E-state index >= 15 is 0 Å². The zero-order valence-electron chi connectivity index (χ0n) is 24.5. The summed E-state index contributed by atoms with van der Waals surface area (Å²) < 4.78 is 4.94. The Bertz CT molecular complexity index is 944. The van der Waals surface area contributed by atoms with Gasteiger partial charge in [-0.05, 0) is 24.0 Å². The average Bonchev–Trinajstić information content (AvgIpc) is 3.32. The van der Waals surface area contributed by atoms with Gasteiger partial charge >= 0.3 is 0 Å². The predicted molar refractivity (Wildman–Crippen MR) is 164 cm³/mol. The number of benzene rings is 2. The van der Waals surface area contributed by atoms with Crippen molar-refractivity contribution in [3.63, 3.8) is 0 Å². The van der Waals surface area contributed by atoms with E-state index in [1.165, 1.54) is 126 Å². The first kappa shape index (κ1) is 30.2. The van der Waals surface area contributed by atoms with Crippen molar-refractivity contribution in [2.24, 2.45) is 0 Å². The molecule has 0 fully saturated rings. The Balaban J connectivity index is 1.27. The maximum atomic E-state index is 2.50. The molecular weight excluding hydrogens is 460 g/mol. The van der Waals surface area contributed by atoms with Crippen molar-refractivity contribution in [2.75, 3.05) is 0 Å². The van der Waals surface area contributed by atoms with Crippen LogP contribution in [-0.2, 0) is 19.5 Å². The molecule has 2 nitrogen and oxygen atoms in total. The molecular formula is C36H55N2+. The summed E-state index contributed by atoms with van der Waals surface area (Å²) in [7, 11) is 0. The van der Waals surface area contributed by atoms with Crippen LogP contribution < -0.4 is 4.57 Å². The third-order valence-corrected chi connectivity index (χ3v) is 7.99. The molecule has 0 saturated carbocycles. The first-order chi connectivity index (χ1) is 18.9. The zero-order chi connectivity index (χ0) is 26.5. The van der Waals surface area contributed by atoms with Crippen LogP contribution in [0.5, 0.6) is 0 Å². The summed E-state index contributed by atoms with van der Waals surface area (Å²) in [4.78, 5) is 0. The van der Waals surface area contributed by atoms with Gasteiger partial charge in [0.05, 0.1) is 13.0 Å². The summed E-state index contributed by atoms with van der Waals surface area (Å²) in [5.74, 6) is 1.41. The lowest BCUT2D eigenvalue weighted by molar-refractivity contribution is -0.703. The molecule has 0 aliphatic rings. The van der Waals surface area contributed by atoms with E-state index in [1.807, 2.05) is 0 Å². The molecule has 3 aromatic rings. The number of hydrogen-bond donors (Lipinski definition) is 0. The van der Waals surface area contributed by atoms with E-state index in [0.717, 1.165) is 19.5 Å². The normalized spacial score (nSPS) is 11.3. The van der Waals surface area contributed by atoms with Crippen LogP contribution in [0.3, 0.4) is 0 Å². The maximum Gasteiger partial charge on any atom is 0.261 e. The average molecular weight is 516 g/mol. The number of imidazole rings is 1. The van der Waals surface area contributed by atoms with Crippen LogP contribution in [0.2, 0.25) is 0 Å². The summed E-state index contributed by atoms with van der Waals surface area (Å²) in [5, 5.41) is 0. The van der Waals surface area contributed by atoms with Gasteiger partial charge in [-0.1, -0.05) is 164 Å². The van der Waals surface area contributed by atoms with E-state index in [2.05, 4.69) is 89.1 Å². The van der Waals surface area contributed by atoms with Crippen LogP contribution >= 0.6 is 0 Å². The van der Waals surface area contributed by atoms with Gasteiger partial charge in [0.25, 0.3) is 5.82 Å². The number of rotatable bonds is 22. The Labute approximate surface area is 234 Å². The van der Waals surface area contributed by atoms with E-state index in [9.17, 15) is 0 Å². The summed E-state index contributed by atoms with van der Waals surface area (Å²) in [5.41, 5.74) is 2.75. The van der Waals surface area contributed by atoms with Crippen molar-refractivity contribution in [1.82, 2.24) is 4.57 Å². The third-order valence-electron chi connectivity index (χ3n) is 7.99. The van der Waals surface area contributed by atoms with E-state index in [4.69, 9.17) is 0 Å². The van der Waals surface area contributed by atoms with Gasteiger partial charge in [0.15, 0.2) is 0 Å². The number of unbranched alkanes of at least 4 members (excludes halogenated alkanes) is 16. The SMILES string of the molecule is CCCCCCCCCCCCCCCCCCC[n+]1ccn(Cc2ccccc2)c1Cc1ccccc1. The standard InChI is InChI=1S/C36H55N2/c1-2-3-4-5-6-7-8-9-10-11-12-13-14-15-16-17-24-29-37-30-31-38(33-35-27-22-19-23-28-35)36(37)32-34-25-20-18-21-26-34/h18-23,25-28,30-31H,2-17,24,29,32-33H2,1H3/q+1. The molecule has 0 aliphatic heterocycles. The van der Waals surface area contributed by atoms with Gasteiger partial charge in [-0.3, -0.25) is 0 Å². The molecule has 0 bridgehead atoms. The van der Waals surface area contributed by atoms with Gasteiger partial charge in [-0.15, -0.1) is 0 Å². The lowest BCUT2D eigenvalue weighted by Crippen LogP contribution is -2.37. The highest BCUT2D eigenvalue weighted by molar-refractivity contribution is 5.19. The van der Waals surface area contributed by atoms with E-state index in [1.54, 1.807) is 0 Å². The fourth-order valence-corrected chi connectivity index (χ4v) is 5.61. The van der Waals surface area contributed by atoms with Crippen LogP contribution in [0.1, 0.15) is 133 Å². The van der Waals surface area contributed by atoms with Crippen molar-refractivity contribution in [3.8, 4) is 0 Å². The molecule has 0 atom stereocenters. The molecule has 2 aromatic carbocycles. The monoisotopic (exact) mass is 515 g/mol.